The first-order valence-corrected chi connectivity index (χ1v) is 9.31. The Morgan fingerprint density at radius 3 is 2.04 bits per heavy atom. The maximum absolute atomic E-state index is 12.5. The number of nitrogens with one attached hydrogen (secondary N) is 1. The van der Waals surface area contributed by atoms with Crippen molar-refractivity contribution in [3.8, 4) is 0 Å². The average Bonchev–Trinajstić information content (AvgIpc) is 2.56. The molecular formula is C19H31NO2S. The molecule has 0 bridgehead atoms. The summed E-state index contributed by atoms with van der Waals surface area (Å²) in [5.41, 5.74) is 2.76. The van der Waals surface area contributed by atoms with Gasteiger partial charge in [-0.3, -0.25) is 0 Å². The molecule has 0 radical (unpaired) electrons. The lowest BCUT2D eigenvalue weighted by Crippen LogP contribution is -2.58. The van der Waals surface area contributed by atoms with Crippen LogP contribution in [0.25, 0.3) is 12.2 Å². The number of benzene rings is 1. The lowest BCUT2D eigenvalue weighted by molar-refractivity contribution is -0.0517. The van der Waals surface area contributed by atoms with Gasteiger partial charge in [0, 0.05) is 0 Å². The van der Waals surface area contributed by atoms with E-state index >= 15 is 0 Å². The van der Waals surface area contributed by atoms with E-state index in [0.717, 1.165) is 21.6 Å². The normalized spacial score (nSPS) is 15.7. The monoisotopic (exact) mass is 337 g/mol. The Hall–Kier alpha value is -1.23. The number of hydrogen-bond acceptors (Lipinski definition) is 2. The molecule has 1 aliphatic rings. The second kappa shape index (κ2) is 10.5. The molecule has 0 spiro atoms. The van der Waals surface area contributed by atoms with Gasteiger partial charge in [-0.2, -0.15) is 0 Å². The van der Waals surface area contributed by atoms with E-state index in [2.05, 4.69) is 17.9 Å². The molecule has 1 fully saturated rings. The zero-order chi connectivity index (χ0) is 18.0. The van der Waals surface area contributed by atoms with Gasteiger partial charge in [0.1, 0.15) is 11.0 Å². The Labute approximate surface area is 144 Å². The molecule has 1 N–H and O–H groups in total. The maximum atomic E-state index is 12.5. The predicted octanol–water partition coefficient (Wildman–Crippen LogP) is 4.73. The summed E-state index contributed by atoms with van der Waals surface area (Å²) in [5, 5.41) is 0. The molecule has 0 saturated carbocycles. The predicted molar refractivity (Wildman–Crippen MR) is 103 cm³/mol. The summed E-state index contributed by atoms with van der Waals surface area (Å²) in [4.78, 5) is 0.739. The Morgan fingerprint density at radius 2 is 1.65 bits per heavy atom. The Morgan fingerprint density at radius 1 is 1.13 bits per heavy atom. The van der Waals surface area contributed by atoms with Crippen molar-refractivity contribution < 1.29 is 8.95 Å². The molecule has 23 heavy (non-hydrogen) atoms. The molecule has 1 unspecified atom stereocenters. The van der Waals surface area contributed by atoms with Gasteiger partial charge in [-0.05, 0) is 36.6 Å². The van der Waals surface area contributed by atoms with Gasteiger partial charge in [0.25, 0.3) is 0 Å². The minimum Gasteiger partial charge on any atom is -0.377 e. The van der Waals surface area contributed by atoms with Crippen LogP contribution < -0.4 is 4.72 Å². The molecular weight excluding hydrogens is 306 g/mol. The molecule has 2 rings (SSSR count). The fourth-order valence-electron chi connectivity index (χ4n) is 2.11. The highest BCUT2D eigenvalue weighted by molar-refractivity contribution is 7.83. The van der Waals surface area contributed by atoms with Crippen LogP contribution in [0, 0.1) is 6.92 Å². The molecule has 0 aromatic heterocycles. The van der Waals surface area contributed by atoms with E-state index < -0.39 is 11.0 Å². The SMILES string of the molecule is C=Cc1c(C)ccc(S(=O)NC2(C)COC2)c1C=C.CC.CC. The van der Waals surface area contributed by atoms with Crippen LogP contribution >= 0.6 is 0 Å². The van der Waals surface area contributed by atoms with Gasteiger partial charge >= 0.3 is 0 Å². The molecule has 0 aliphatic carbocycles. The highest BCUT2D eigenvalue weighted by Gasteiger charge is 2.35. The van der Waals surface area contributed by atoms with Crippen LogP contribution in [0.15, 0.2) is 30.2 Å². The van der Waals surface area contributed by atoms with Gasteiger partial charge in [0.15, 0.2) is 0 Å². The lowest BCUT2D eigenvalue weighted by atomic mass is 10.0. The number of rotatable bonds is 5. The van der Waals surface area contributed by atoms with E-state index in [-0.39, 0.29) is 5.54 Å². The third-order valence-corrected chi connectivity index (χ3v) is 4.69. The molecule has 130 valence electrons. The molecule has 1 atom stereocenters. The van der Waals surface area contributed by atoms with E-state index in [1.807, 2.05) is 53.7 Å². The Kier molecular flexibility index (Phi) is 9.96. The Balaban J connectivity index is 0.00000112. The molecule has 1 aromatic rings. The highest BCUT2D eigenvalue weighted by atomic mass is 32.2. The third-order valence-electron chi connectivity index (χ3n) is 3.25. The van der Waals surface area contributed by atoms with E-state index in [1.54, 1.807) is 12.2 Å². The minimum absolute atomic E-state index is 0.206. The van der Waals surface area contributed by atoms with Crippen LogP contribution in [0.3, 0.4) is 0 Å². The lowest BCUT2D eigenvalue weighted by Gasteiger charge is -2.38. The zero-order valence-electron chi connectivity index (χ0n) is 15.4. The van der Waals surface area contributed by atoms with E-state index in [4.69, 9.17) is 4.74 Å². The van der Waals surface area contributed by atoms with Crippen LogP contribution in [0.4, 0.5) is 0 Å². The second-order valence-corrected chi connectivity index (χ2v) is 6.22. The molecule has 1 heterocycles. The first kappa shape index (κ1) is 21.8. The first-order chi connectivity index (χ1) is 11.0. The topological polar surface area (TPSA) is 38.3 Å². The van der Waals surface area contributed by atoms with Crippen LogP contribution in [0.5, 0.6) is 0 Å². The molecule has 1 aromatic carbocycles. The zero-order valence-corrected chi connectivity index (χ0v) is 16.2. The van der Waals surface area contributed by atoms with Crippen molar-refractivity contribution in [1.82, 2.24) is 4.72 Å². The summed E-state index contributed by atoms with van der Waals surface area (Å²) in [7, 11) is -1.28. The van der Waals surface area contributed by atoms with Crippen molar-refractivity contribution in [3.63, 3.8) is 0 Å². The summed E-state index contributed by atoms with van der Waals surface area (Å²) in [6.07, 6.45) is 3.51. The van der Waals surface area contributed by atoms with Gasteiger partial charge in [0.2, 0.25) is 0 Å². The molecule has 1 saturated heterocycles. The van der Waals surface area contributed by atoms with E-state index in [1.165, 1.54) is 0 Å². The van der Waals surface area contributed by atoms with Crippen LogP contribution in [-0.2, 0) is 15.7 Å². The molecule has 0 amide bonds. The highest BCUT2D eigenvalue weighted by Crippen LogP contribution is 2.25. The fraction of sp³-hybridized carbons (Fsp3) is 0.474. The average molecular weight is 338 g/mol. The summed E-state index contributed by atoms with van der Waals surface area (Å²) >= 11 is 0. The minimum atomic E-state index is -1.28. The summed E-state index contributed by atoms with van der Waals surface area (Å²) < 4.78 is 20.8. The summed E-state index contributed by atoms with van der Waals surface area (Å²) in [6.45, 7) is 20.8. The standard InChI is InChI=1S/C15H19NO2S.2C2H6/c1-5-12-11(3)7-8-14(13(12)6-2)19(17)16-15(4)9-18-10-15;2*1-2/h5-8,16H,1-2,9-10H2,3-4H3;2*1-2H3. The van der Waals surface area contributed by atoms with Crippen molar-refractivity contribution >= 4 is 23.1 Å². The van der Waals surface area contributed by atoms with Crippen molar-refractivity contribution in [3.05, 3.63) is 42.0 Å². The van der Waals surface area contributed by atoms with Gasteiger partial charge in [-0.15, -0.1) is 0 Å². The smallest absolute Gasteiger partial charge is 0.126 e. The van der Waals surface area contributed by atoms with Crippen LogP contribution in [0.2, 0.25) is 0 Å². The molecule has 1 aliphatic heterocycles. The van der Waals surface area contributed by atoms with Crippen molar-refractivity contribution in [2.75, 3.05) is 13.2 Å². The number of hydrogen-bond donors (Lipinski definition) is 1. The van der Waals surface area contributed by atoms with Gasteiger partial charge < -0.3 is 4.74 Å². The van der Waals surface area contributed by atoms with Crippen LogP contribution in [-0.4, -0.2) is 23.0 Å². The van der Waals surface area contributed by atoms with Crippen molar-refractivity contribution in [1.29, 1.82) is 0 Å². The third kappa shape index (κ3) is 5.41. The molecule has 4 heteroatoms. The number of aryl methyl sites for hydroxylation is 1. The van der Waals surface area contributed by atoms with E-state index in [9.17, 15) is 4.21 Å². The second-order valence-electron chi connectivity index (χ2n) is 5.04. The summed E-state index contributed by atoms with van der Waals surface area (Å²) in [6, 6.07) is 3.84. The fourth-order valence-corrected chi connectivity index (χ4v) is 3.37. The molecule has 3 nitrogen and oxygen atoms in total. The van der Waals surface area contributed by atoms with Crippen molar-refractivity contribution in [2.45, 2.75) is 52.0 Å². The summed E-state index contributed by atoms with van der Waals surface area (Å²) in [5.74, 6) is 0. The largest absolute Gasteiger partial charge is 0.377 e. The van der Waals surface area contributed by atoms with Crippen LogP contribution in [0.1, 0.15) is 51.3 Å². The van der Waals surface area contributed by atoms with Crippen molar-refractivity contribution in [2.24, 2.45) is 0 Å². The van der Waals surface area contributed by atoms with Gasteiger partial charge in [-0.1, -0.05) is 59.1 Å². The maximum Gasteiger partial charge on any atom is 0.126 e. The van der Waals surface area contributed by atoms with Gasteiger partial charge in [0.05, 0.1) is 23.6 Å². The first-order valence-electron chi connectivity index (χ1n) is 8.16. The van der Waals surface area contributed by atoms with Gasteiger partial charge in [-0.25, -0.2) is 8.93 Å². The quantitative estimate of drug-likeness (QED) is 0.843. The Bertz CT molecular complexity index is 549. The van der Waals surface area contributed by atoms with E-state index in [0.29, 0.717) is 13.2 Å². The number of ether oxygens (including phenoxy) is 1.